The van der Waals surface area contributed by atoms with Gasteiger partial charge in [-0.05, 0) is 30.0 Å². The number of methoxy groups -OCH3 is 1. The van der Waals surface area contributed by atoms with E-state index in [1.165, 1.54) is 19.5 Å². The Morgan fingerprint density at radius 1 is 1.35 bits per heavy atom. The van der Waals surface area contributed by atoms with Crippen molar-refractivity contribution in [1.82, 2.24) is 30.6 Å². The van der Waals surface area contributed by atoms with Crippen molar-refractivity contribution in [3.8, 4) is 17.4 Å². The lowest BCUT2D eigenvalue weighted by molar-refractivity contribution is 0.303. The molecule has 1 aromatic carbocycles. The minimum Gasteiger partial charge on any atom is -0.494 e. The van der Waals surface area contributed by atoms with Gasteiger partial charge in [-0.2, -0.15) is 10.1 Å². The van der Waals surface area contributed by atoms with Crippen LogP contribution in [0.15, 0.2) is 29.0 Å². The fourth-order valence-corrected chi connectivity index (χ4v) is 2.59. The lowest BCUT2D eigenvalue weighted by Gasteiger charge is -2.17. The molecule has 0 saturated heterocycles. The summed E-state index contributed by atoms with van der Waals surface area (Å²) in [5.74, 6) is 1.49. The second-order valence-electron chi connectivity index (χ2n) is 6.32. The van der Waals surface area contributed by atoms with Crippen LogP contribution in [-0.4, -0.2) is 32.4 Å². The largest absolute Gasteiger partial charge is 0.494 e. The molecule has 2 aromatic heterocycles. The van der Waals surface area contributed by atoms with Crippen molar-refractivity contribution in [3.63, 3.8) is 0 Å². The van der Waals surface area contributed by atoms with E-state index in [-0.39, 0.29) is 11.8 Å². The van der Waals surface area contributed by atoms with Gasteiger partial charge in [0.1, 0.15) is 6.33 Å². The average Bonchev–Trinajstić information content (AvgIpc) is 3.29. The molecule has 8 nitrogen and oxygen atoms in total. The fourth-order valence-electron chi connectivity index (χ4n) is 2.59. The highest BCUT2D eigenvalue weighted by Gasteiger charge is 2.21. The topological polar surface area (TPSA) is 102 Å². The van der Waals surface area contributed by atoms with Crippen LogP contribution in [-0.2, 0) is 6.54 Å². The maximum atomic E-state index is 13.9. The van der Waals surface area contributed by atoms with Crippen LogP contribution in [0.2, 0.25) is 0 Å². The maximum absolute atomic E-state index is 13.9. The quantitative estimate of drug-likeness (QED) is 0.637. The average molecular weight is 360 g/mol. The van der Waals surface area contributed by atoms with Crippen molar-refractivity contribution >= 4 is 0 Å². The minimum atomic E-state index is -0.391. The zero-order valence-electron chi connectivity index (χ0n) is 14.9. The predicted molar refractivity (Wildman–Crippen MR) is 91.7 cm³/mol. The molecule has 0 radical (unpaired) electrons. The number of aromatic nitrogens is 5. The molecule has 3 aromatic rings. The second-order valence-corrected chi connectivity index (χ2v) is 6.32. The molecule has 0 amide bonds. The van der Waals surface area contributed by atoms with Gasteiger partial charge in [0.05, 0.1) is 13.2 Å². The molecule has 0 spiro atoms. The molecule has 9 heteroatoms. The van der Waals surface area contributed by atoms with E-state index < -0.39 is 5.82 Å². The van der Waals surface area contributed by atoms with Crippen LogP contribution in [0.4, 0.5) is 4.39 Å². The van der Waals surface area contributed by atoms with E-state index in [2.05, 4.69) is 44.5 Å². The van der Waals surface area contributed by atoms with Gasteiger partial charge in [-0.25, -0.2) is 9.37 Å². The summed E-state index contributed by atoms with van der Waals surface area (Å²) in [4.78, 5) is 8.41. The molecule has 2 heterocycles. The SMILES string of the molecule is COc1ccc(CNC(CC(C)C)c2nc(-c3ncn[nH]3)no2)cc1F. The van der Waals surface area contributed by atoms with E-state index in [1.807, 2.05) is 6.07 Å². The van der Waals surface area contributed by atoms with Crippen molar-refractivity contribution in [3.05, 3.63) is 41.8 Å². The number of halogens is 1. The molecule has 0 bridgehead atoms. The van der Waals surface area contributed by atoms with Gasteiger partial charge in [-0.3, -0.25) is 5.10 Å². The molecule has 0 aliphatic rings. The normalized spacial score (nSPS) is 12.5. The van der Waals surface area contributed by atoms with Gasteiger partial charge in [0.2, 0.25) is 11.7 Å². The summed E-state index contributed by atoms with van der Waals surface area (Å²) in [6.07, 6.45) is 2.17. The second kappa shape index (κ2) is 8.05. The van der Waals surface area contributed by atoms with Crippen molar-refractivity contribution < 1.29 is 13.7 Å². The third-order valence-electron chi connectivity index (χ3n) is 3.84. The van der Waals surface area contributed by atoms with Crippen LogP contribution >= 0.6 is 0 Å². The van der Waals surface area contributed by atoms with Gasteiger partial charge >= 0.3 is 0 Å². The van der Waals surface area contributed by atoms with Crippen LogP contribution in [0.3, 0.4) is 0 Å². The van der Waals surface area contributed by atoms with Gasteiger partial charge in [-0.15, -0.1) is 0 Å². The molecule has 0 saturated carbocycles. The molecule has 0 fully saturated rings. The van der Waals surface area contributed by atoms with E-state index >= 15 is 0 Å². The van der Waals surface area contributed by atoms with Gasteiger partial charge in [0.25, 0.3) is 0 Å². The van der Waals surface area contributed by atoms with Crippen LogP contribution in [0.25, 0.3) is 11.6 Å². The van der Waals surface area contributed by atoms with Gasteiger partial charge in [0.15, 0.2) is 17.4 Å². The summed E-state index contributed by atoms with van der Waals surface area (Å²) in [7, 11) is 1.44. The van der Waals surface area contributed by atoms with E-state index in [9.17, 15) is 4.39 Å². The van der Waals surface area contributed by atoms with E-state index in [1.54, 1.807) is 6.07 Å². The van der Waals surface area contributed by atoms with E-state index in [4.69, 9.17) is 9.26 Å². The number of hydrogen-bond acceptors (Lipinski definition) is 7. The Bertz CT molecular complexity index is 834. The number of hydrogen-bond donors (Lipinski definition) is 2. The summed E-state index contributed by atoms with van der Waals surface area (Å²) in [6, 6.07) is 4.71. The van der Waals surface area contributed by atoms with Gasteiger partial charge < -0.3 is 14.6 Å². The monoisotopic (exact) mass is 360 g/mol. The first-order valence-electron chi connectivity index (χ1n) is 8.32. The van der Waals surface area contributed by atoms with Crippen LogP contribution in [0, 0.1) is 11.7 Å². The Hall–Kier alpha value is -2.81. The summed E-state index contributed by atoms with van der Waals surface area (Å²) < 4.78 is 24.2. The zero-order valence-corrected chi connectivity index (χ0v) is 14.9. The van der Waals surface area contributed by atoms with Gasteiger partial charge in [0, 0.05) is 6.54 Å². The molecular formula is C17H21FN6O2. The Balaban J connectivity index is 1.73. The van der Waals surface area contributed by atoms with E-state index in [0.29, 0.717) is 30.0 Å². The molecule has 0 aliphatic carbocycles. The molecule has 0 aliphatic heterocycles. The predicted octanol–water partition coefficient (Wildman–Crippen LogP) is 2.88. The third kappa shape index (κ3) is 4.23. The van der Waals surface area contributed by atoms with E-state index in [0.717, 1.165) is 12.0 Å². The van der Waals surface area contributed by atoms with Crippen LogP contribution in [0.1, 0.15) is 37.8 Å². The lowest BCUT2D eigenvalue weighted by atomic mass is 10.0. The summed E-state index contributed by atoms with van der Waals surface area (Å²) in [5, 5.41) is 13.8. The molecule has 26 heavy (non-hydrogen) atoms. The number of nitrogens with one attached hydrogen (secondary N) is 2. The highest BCUT2D eigenvalue weighted by atomic mass is 19.1. The number of nitrogens with zero attached hydrogens (tertiary/aromatic N) is 4. The van der Waals surface area contributed by atoms with Crippen molar-refractivity contribution in [1.29, 1.82) is 0 Å². The van der Waals surface area contributed by atoms with Crippen molar-refractivity contribution in [2.24, 2.45) is 5.92 Å². The highest BCUT2D eigenvalue weighted by Crippen LogP contribution is 2.23. The lowest BCUT2D eigenvalue weighted by Crippen LogP contribution is -2.23. The summed E-state index contributed by atoms with van der Waals surface area (Å²) in [5.41, 5.74) is 0.798. The minimum absolute atomic E-state index is 0.163. The summed E-state index contributed by atoms with van der Waals surface area (Å²) in [6.45, 7) is 4.67. The maximum Gasteiger partial charge on any atom is 0.244 e. The highest BCUT2D eigenvalue weighted by molar-refractivity contribution is 5.39. The Morgan fingerprint density at radius 2 is 2.19 bits per heavy atom. The molecule has 3 rings (SSSR count). The van der Waals surface area contributed by atoms with Gasteiger partial charge in [-0.1, -0.05) is 25.1 Å². The van der Waals surface area contributed by atoms with Crippen LogP contribution in [0.5, 0.6) is 5.75 Å². The number of aromatic amines is 1. The number of rotatable bonds is 8. The fraction of sp³-hybridized carbons (Fsp3) is 0.412. The summed E-state index contributed by atoms with van der Waals surface area (Å²) >= 11 is 0. The molecule has 1 unspecified atom stereocenters. The number of benzene rings is 1. The van der Waals surface area contributed by atoms with Crippen molar-refractivity contribution in [2.45, 2.75) is 32.9 Å². The molecular weight excluding hydrogens is 339 g/mol. The Kier molecular flexibility index (Phi) is 5.57. The first kappa shape index (κ1) is 18.0. The van der Waals surface area contributed by atoms with Crippen LogP contribution < -0.4 is 10.1 Å². The zero-order chi connectivity index (χ0) is 18.5. The number of H-pyrrole nitrogens is 1. The smallest absolute Gasteiger partial charge is 0.244 e. The Labute approximate surface area is 150 Å². The first-order chi connectivity index (χ1) is 12.6. The first-order valence-corrected chi connectivity index (χ1v) is 8.32. The molecule has 2 N–H and O–H groups in total. The molecule has 1 atom stereocenters. The Morgan fingerprint density at radius 3 is 2.85 bits per heavy atom. The molecule has 138 valence electrons. The van der Waals surface area contributed by atoms with Crippen molar-refractivity contribution in [2.75, 3.05) is 7.11 Å². The third-order valence-corrected chi connectivity index (χ3v) is 3.84. The number of ether oxygens (including phenoxy) is 1. The standard InChI is InChI=1S/C17H21FN6O2/c1-10(2)6-13(17-22-16(24-26-17)15-20-9-21-23-15)19-8-11-4-5-14(25-3)12(18)7-11/h4-5,7,9-10,13,19H,6,8H2,1-3H3,(H,20,21,23).